The van der Waals surface area contributed by atoms with Crippen LogP contribution in [-0.2, 0) is 0 Å². The number of halogens is 1. The maximum absolute atomic E-state index is 12.4. The van der Waals surface area contributed by atoms with E-state index in [1.807, 2.05) is 0 Å². The molecule has 0 aliphatic heterocycles. The second-order valence-corrected chi connectivity index (χ2v) is 6.41. The first-order chi connectivity index (χ1) is 10.0. The van der Waals surface area contributed by atoms with Gasteiger partial charge in [-0.1, -0.05) is 55.9 Å². The number of hydrogen-bond donors (Lipinski definition) is 2. The predicted molar refractivity (Wildman–Crippen MR) is 88.5 cm³/mol. The van der Waals surface area contributed by atoms with Crippen molar-refractivity contribution in [3.63, 3.8) is 0 Å². The lowest BCUT2D eigenvalue weighted by Crippen LogP contribution is -2.57. The first kappa shape index (κ1) is 16.2. The third-order valence-electron chi connectivity index (χ3n) is 3.99. The second-order valence-electron chi connectivity index (χ2n) is 5.53. The van der Waals surface area contributed by atoms with Gasteiger partial charge < -0.3 is 11.1 Å². The van der Waals surface area contributed by atoms with Crippen LogP contribution in [0.15, 0.2) is 18.3 Å². The third-order valence-corrected chi connectivity index (χ3v) is 4.61. The second kappa shape index (κ2) is 7.18. The molecule has 2 rings (SSSR count). The van der Waals surface area contributed by atoms with E-state index in [0.29, 0.717) is 15.7 Å². The Kier molecular flexibility index (Phi) is 5.53. The highest BCUT2D eigenvalue weighted by Gasteiger charge is 2.35. The fraction of sp³-hybridized carbons (Fsp3) is 0.533. The average molecular weight is 326 g/mol. The summed E-state index contributed by atoms with van der Waals surface area (Å²) in [4.78, 5) is 16.8. The highest BCUT2D eigenvalue weighted by molar-refractivity contribution is 7.80. The van der Waals surface area contributed by atoms with Crippen molar-refractivity contribution in [2.45, 2.75) is 50.5 Å². The molecule has 21 heavy (non-hydrogen) atoms. The first-order valence-electron chi connectivity index (χ1n) is 7.27. The van der Waals surface area contributed by atoms with E-state index in [4.69, 9.17) is 29.6 Å². The minimum absolute atomic E-state index is 0.250. The molecular weight excluding hydrogens is 306 g/mol. The van der Waals surface area contributed by atoms with E-state index in [-0.39, 0.29) is 5.91 Å². The quantitative estimate of drug-likeness (QED) is 0.837. The Morgan fingerprint density at radius 3 is 2.38 bits per heavy atom. The van der Waals surface area contributed by atoms with Gasteiger partial charge in [0, 0.05) is 6.20 Å². The summed E-state index contributed by atoms with van der Waals surface area (Å²) < 4.78 is 0. The average Bonchev–Trinajstić information content (AvgIpc) is 2.42. The Morgan fingerprint density at radius 2 is 1.86 bits per heavy atom. The van der Waals surface area contributed by atoms with E-state index in [9.17, 15) is 4.79 Å². The topological polar surface area (TPSA) is 68.0 Å². The Labute approximate surface area is 135 Å². The molecule has 0 atom stereocenters. The van der Waals surface area contributed by atoms with Crippen LogP contribution in [0.1, 0.15) is 55.4 Å². The zero-order valence-electron chi connectivity index (χ0n) is 11.9. The zero-order valence-corrected chi connectivity index (χ0v) is 13.5. The van der Waals surface area contributed by atoms with Crippen molar-refractivity contribution in [3.05, 3.63) is 29.0 Å². The van der Waals surface area contributed by atoms with Gasteiger partial charge in [0.2, 0.25) is 0 Å². The summed E-state index contributed by atoms with van der Waals surface area (Å²) in [5.41, 5.74) is 5.69. The van der Waals surface area contributed by atoms with Crippen molar-refractivity contribution in [3.8, 4) is 0 Å². The number of hydrogen-bond acceptors (Lipinski definition) is 3. The number of nitrogens with zero attached hydrogens (tertiary/aromatic N) is 1. The Hall–Kier alpha value is -1.20. The molecular formula is C15H20ClN3OS. The van der Waals surface area contributed by atoms with Crippen molar-refractivity contribution >= 4 is 34.7 Å². The van der Waals surface area contributed by atoms with Gasteiger partial charge in [-0.05, 0) is 25.0 Å². The SMILES string of the molecule is NC(=S)C1(NC(=O)c2ccc(Cl)cn2)CCCCCCC1. The van der Waals surface area contributed by atoms with E-state index < -0.39 is 5.54 Å². The molecule has 1 amide bonds. The Bertz CT molecular complexity index is 510. The van der Waals surface area contributed by atoms with Crippen LogP contribution in [0.4, 0.5) is 0 Å². The molecule has 0 radical (unpaired) electrons. The molecule has 0 aromatic carbocycles. The molecule has 0 saturated heterocycles. The lowest BCUT2D eigenvalue weighted by atomic mass is 9.83. The number of aromatic nitrogens is 1. The lowest BCUT2D eigenvalue weighted by molar-refractivity contribution is 0.0907. The molecule has 0 spiro atoms. The van der Waals surface area contributed by atoms with Gasteiger partial charge in [0.1, 0.15) is 5.69 Å². The number of thiocarbonyl (C=S) groups is 1. The minimum Gasteiger partial charge on any atom is -0.391 e. The molecule has 114 valence electrons. The van der Waals surface area contributed by atoms with Gasteiger partial charge in [-0.15, -0.1) is 0 Å². The molecule has 0 unspecified atom stereocenters. The molecule has 4 nitrogen and oxygen atoms in total. The molecule has 1 saturated carbocycles. The van der Waals surface area contributed by atoms with E-state index in [1.54, 1.807) is 12.1 Å². The number of nitrogens with one attached hydrogen (secondary N) is 1. The summed E-state index contributed by atoms with van der Waals surface area (Å²) in [6, 6.07) is 3.25. The number of carbonyl (C=O) groups is 1. The molecule has 6 heteroatoms. The summed E-state index contributed by atoms with van der Waals surface area (Å²) in [7, 11) is 0. The highest BCUT2D eigenvalue weighted by Crippen LogP contribution is 2.27. The minimum atomic E-state index is -0.589. The van der Waals surface area contributed by atoms with Crippen LogP contribution in [0.5, 0.6) is 0 Å². The van der Waals surface area contributed by atoms with Crippen LogP contribution < -0.4 is 11.1 Å². The van der Waals surface area contributed by atoms with Crippen molar-refractivity contribution in [2.24, 2.45) is 5.73 Å². The molecule has 1 aliphatic carbocycles. The summed E-state index contributed by atoms with van der Waals surface area (Å²) in [5, 5.41) is 3.53. The summed E-state index contributed by atoms with van der Waals surface area (Å²) >= 11 is 11.0. The van der Waals surface area contributed by atoms with Crippen molar-refractivity contribution < 1.29 is 4.79 Å². The van der Waals surface area contributed by atoms with Crippen LogP contribution in [-0.4, -0.2) is 21.4 Å². The maximum Gasteiger partial charge on any atom is 0.270 e. The van der Waals surface area contributed by atoms with Crippen molar-refractivity contribution in [2.75, 3.05) is 0 Å². The molecule has 0 bridgehead atoms. The monoisotopic (exact) mass is 325 g/mol. The van der Waals surface area contributed by atoms with Crippen molar-refractivity contribution in [1.29, 1.82) is 0 Å². The lowest BCUT2D eigenvalue weighted by Gasteiger charge is -2.35. The summed E-state index contributed by atoms with van der Waals surface area (Å²) in [6.45, 7) is 0. The number of amides is 1. The first-order valence-corrected chi connectivity index (χ1v) is 8.06. The standard InChI is InChI=1S/C15H20ClN3OS/c16-11-6-7-12(18-10-11)13(20)19-15(14(17)21)8-4-2-1-3-5-9-15/h6-7,10H,1-5,8-9H2,(H2,17,21)(H,19,20). The third kappa shape index (κ3) is 4.14. The van der Waals surface area contributed by atoms with Crippen LogP contribution in [0.25, 0.3) is 0 Å². The van der Waals surface area contributed by atoms with Gasteiger partial charge in [-0.25, -0.2) is 4.98 Å². The predicted octanol–water partition coefficient (Wildman–Crippen LogP) is 3.23. The van der Waals surface area contributed by atoms with Gasteiger partial charge >= 0.3 is 0 Å². The summed E-state index contributed by atoms with van der Waals surface area (Å²) in [6.07, 6.45) is 8.63. The van der Waals surface area contributed by atoms with Gasteiger partial charge in [0.15, 0.2) is 0 Å². The van der Waals surface area contributed by atoms with E-state index in [2.05, 4.69) is 10.3 Å². The van der Waals surface area contributed by atoms with Gasteiger partial charge in [-0.2, -0.15) is 0 Å². The fourth-order valence-corrected chi connectivity index (χ4v) is 3.10. The summed E-state index contributed by atoms with van der Waals surface area (Å²) in [5.74, 6) is -0.250. The van der Waals surface area contributed by atoms with Gasteiger partial charge in [0.25, 0.3) is 5.91 Å². The van der Waals surface area contributed by atoms with Crippen LogP contribution in [0, 0.1) is 0 Å². The highest BCUT2D eigenvalue weighted by atomic mass is 35.5. The van der Waals surface area contributed by atoms with E-state index in [1.165, 1.54) is 12.6 Å². The number of rotatable bonds is 3. The molecule has 1 aromatic rings. The molecule has 3 N–H and O–H groups in total. The number of pyridine rings is 1. The molecule has 1 aromatic heterocycles. The van der Waals surface area contributed by atoms with Crippen LogP contribution >= 0.6 is 23.8 Å². The smallest absolute Gasteiger partial charge is 0.270 e. The molecule has 1 fully saturated rings. The fourth-order valence-electron chi connectivity index (χ4n) is 2.73. The van der Waals surface area contributed by atoms with E-state index >= 15 is 0 Å². The van der Waals surface area contributed by atoms with Crippen LogP contribution in [0.3, 0.4) is 0 Å². The van der Waals surface area contributed by atoms with Crippen molar-refractivity contribution in [1.82, 2.24) is 10.3 Å². The largest absolute Gasteiger partial charge is 0.391 e. The maximum atomic E-state index is 12.4. The number of carbonyl (C=O) groups excluding carboxylic acids is 1. The zero-order chi connectivity index (χ0) is 15.3. The van der Waals surface area contributed by atoms with E-state index in [0.717, 1.165) is 38.5 Å². The van der Waals surface area contributed by atoms with Gasteiger partial charge in [-0.3, -0.25) is 4.79 Å². The normalized spacial score (nSPS) is 18.3. The van der Waals surface area contributed by atoms with Gasteiger partial charge in [0.05, 0.1) is 15.6 Å². The Balaban J connectivity index is 2.16. The van der Waals surface area contributed by atoms with Crippen LogP contribution in [0.2, 0.25) is 5.02 Å². The molecule has 1 aliphatic rings. The molecule has 1 heterocycles. The number of nitrogens with two attached hydrogens (primary N) is 1. The Morgan fingerprint density at radius 1 is 1.24 bits per heavy atom.